The van der Waals surface area contributed by atoms with Gasteiger partial charge in [0.05, 0.1) is 17.5 Å². The van der Waals surface area contributed by atoms with E-state index in [9.17, 15) is 4.79 Å². The largest absolute Gasteiger partial charge is 0.392 e. The highest BCUT2D eigenvalue weighted by Crippen LogP contribution is 2.12. The first kappa shape index (κ1) is 15.1. The van der Waals surface area contributed by atoms with Crippen LogP contribution < -0.4 is 11.1 Å². The Bertz CT molecular complexity index is 448. The molecule has 1 aromatic carbocycles. The number of thiocarbonyl (C=S) groups is 1. The van der Waals surface area contributed by atoms with Gasteiger partial charge < -0.3 is 11.1 Å². The molecule has 3 N–H and O–H groups in total. The molecule has 0 saturated heterocycles. The number of hydrogen-bond donors (Lipinski definition) is 2. The van der Waals surface area contributed by atoms with Crippen LogP contribution in [0.4, 0.5) is 0 Å². The van der Waals surface area contributed by atoms with Crippen molar-refractivity contribution in [1.82, 2.24) is 5.32 Å². The highest BCUT2D eigenvalue weighted by molar-refractivity contribution is 9.10. The van der Waals surface area contributed by atoms with Gasteiger partial charge in [0.25, 0.3) is 0 Å². The van der Waals surface area contributed by atoms with E-state index < -0.39 is 0 Å². The van der Waals surface area contributed by atoms with Crippen LogP contribution in [0.25, 0.3) is 0 Å². The van der Waals surface area contributed by atoms with Gasteiger partial charge in [0.1, 0.15) is 0 Å². The third kappa shape index (κ3) is 4.74. The van der Waals surface area contributed by atoms with Gasteiger partial charge in [-0.05, 0) is 23.6 Å². The van der Waals surface area contributed by atoms with Crippen LogP contribution >= 0.6 is 28.1 Å². The van der Waals surface area contributed by atoms with Crippen molar-refractivity contribution in [2.45, 2.75) is 26.3 Å². The molecule has 0 aromatic heterocycles. The van der Waals surface area contributed by atoms with Crippen LogP contribution in [-0.4, -0.2) is 16.9 Å². The Labute approximate surface area is 121 Å². The number of carbonyl (C=O) groups excluding carboxylic acids is 1. The summed E-state index contributed by atoms with van der Waals surface area (Å²) in [5.41, 5.74) is 6.56. The molecule has 1 atom stereocenters. The van der Waals surface area contributed by atoms with E-state index in [-0.39, 0.29) is 17.9 Å². The third-order valence-corrected chi connectivity index (χ3v) is 3.29. The molecule has 5 heteroatoms. The second-order valence-corrected chi connectivity index (χ2v) is 5.89. The summed E-state index contributed by atoms with van der Waals surface area (Å²) in [6.07, 6.45) is 0.325. The molecule has 1 unspecified atom stereocenters. The van der Waals surface area contributed by atoms with Crippen LogP contribution in [0.3, 0.4) is 0 Å². The molecule has 18 heavy (non-hydrogen) atoms. The van der Waals surface area contributed by atoms with Crippen molar-refractivity contribution in [2.75, 3.05) is 0 Å². The summed E-state index contributed by atoms with van der Waals surface area (Å²) in [5.74, 6) is 0.119. The highest BCUT2D eigenvalue weighted by atomic mass is 79.9. The van der Waals surface area contributed by atoms with Gasteiger partial charge in [0.2, 0.25) is 5.91 Å². The van der Waals surface area contributed by atoms with Gasteiger partial charge in [0, 0.05) is 4.47 Å². The summed E-state index contributed by atoms with van der Waals surface area (Å²) >= 11 is 8.33. The maximum Gasteiger partial charge on any atom is 0.224 e. The Kier molecular flexibility index (Phi) is 5.75. The fourth-order valence-corrected chi connectivity index (χ4v) is 2.40. The monoisotopic (exact) mass is 328 g/mol. The van der Waals surface area contributed by atoms with Crippen molar-refractivity contribution < 1.29 is 4.79 Å². The molecule has 0 fully saturated rings. The maximum atomic E-state index is 11.9. The van der Waals surface area contributed by atoms with Crippen molar-refractivity contribution >= 4 is 39.0 Å². The van der Waals surface area contributed by atoms with Crippen molar-refractivity contribution in [2.24, 2.45) is 11.7 Å². The van der Waals surface area contributed by atoms with Crippen LogP contribution in [0.15, 0.2) is 28.7 Å². The second-order valence-electron chi connectivity index (χ2n) is 4.50. The normalized spacial score (nSPS) is 12.2. The number of carbonyl (C=O) groups is 1. The number of nitrogens with two attached hydrogens (primary N) is 1. The maximum absolute atomic E-state index is 11.9. The van der Waals surface area contributed by atoms with Crippen LogP contribution in [0.5, 0.6) is 0 Å². The summed E-state index contributed by atoms with van der Waals surface area (Å²) in [6.45, 7) is 3.95. The van der Waals surface area contributed by atoms with Crippen molar-refractivity contribution in [3.05, 3.63) is 34.3 Å². The molecule has 98 valence electrons. The first-order valence-electron chi connectivity index (χ1n) is 5.73. The Morgan fingerprint density at radius 1 is 1.50 bits per heavy atom. The minimum absolute atomic E-state index is 0.0698. The molecule has 0 aliphatic heterocycles. The Morgan fingerprint density at radius 2 is 2.17 bits per heavy atom. The smallest absolute Gasteiger partial charge is 0.224 e. The lowest BCUT2D eigenvalue weighted by atomic mass is 10.0. The van der Waals surface area contributed by atoms with E-state index in [1.807, 2.05) is 38.1 Å². The third-order valence-electron chi connectivity index (χ3n) is 2.54. The molecule has 0 bridgehead atoms. The summed E-state index contributed by atoms with van der Waals surface area (Å²) in [6, 6.07) is 7.41. The first-order chi connectivity index (χ1) is 8.40. The van der Waals surface area contributed by atoms with Crippen molar-refractivity contribution in [3.63, 3.8) is 0 Å². The summed E-state index contributed by atoms with van der Waals surface area (Å²) < 4.78 is 0.961. The Balaban J connectivity index is 2.63. The van der Waals surface area contributed by atoms with E-state index >= 15 is 0 Å². The molecule has 0 radical (unpaired) electrons. The van der Waals surface area contributed by atoms with Crippen LogP contribution in [-0.2, 0) is 11.2 Å². The summed E-state index contributed by atoms with van der Waals surface area (Å²) in [7, 11) is 0. The Morgan fingerprint density at radius 3 is 2.67 bits per heavy atom. The molecule has 1 aromatic rings. The molecule has 3 nitrogen and oxygen atoms in total. The fourth-order valence-electron chi connectivity index (χ4n) is 1.62. The molecule has 0 aliphatic rings. The molecule has 1 amide bonds. The predicted molar refractivity (Wildman–Crippen MR) is 81.4 cm³/mol. The van der Waals surface area contributed by atoms with E-state index in [1.165, 1.54) is 0 Å². The van der Waals surface area contributed by atoms with Gasteiger partial charge >= 0.3 is 0 Å². The quantitative estimate of drug-likeness (QED) is 0.816. The zero-order valence-electron chi connectivity index (χ0n) is 10.4. The van der Waals surface area contributed by atoms with Crippen LogP contribution in [0, 0.1) is 5.92 Å². The van der Waals surface area contributed by atoms with Gasteiger partial charge in [-0.15, -0.1) is 0 Å². The van der Waals surface area contributed by atoms with Crippen LogP contribution in [0.1, 0.15) is 19.4 Å². The summed E-state index contributed by atoms with van der Waals surface area (Å²) in [4.78, 5) is 12.2. The minimum atomic E-state index is -0.250. The van der Waals surface area contributed by atoms with E-state index in [0.717, 1.165) is 10.0 Å². The predicted octanol–water partition coefficient (Wildman–Crippen LogP) is 2.42. The fraction of sp³-hybridized carbons (Fsp3) is 0.385. The highest BCUT2D eigenvalue weighted by Gasteiger charge is 2.18. The van der Waals surface area contributed by atoms with E-state index in [1.54, 1.807) is 0 Å². The SMILES string of the molecule is CC(C)C(NC(=O)Cc1cccc(Br)c1)C(N)=S. The number of hydrogen-bond acceptors (Lipinski definition) is 2. The van der Waals surface area contributed by atoms with E-state index in [0.29, 0.717) is 11.4 Å². The number of benzene rings is 1. The first-order valence-corrected chi connectivity index (χ1v) is 6.93. The Hall–Kier alpha value is -0.940. The van der Waals surface area contributed by atoms with Gasteiger partial charge in [-0.2, -0.15) is 0 Å². The average molecular weight is 329 g/mol. The number of amides is 1. The molecule has 1 rings (SSSR count). The van der Waals surface area contributed by atoms with E-state index in [2.05, 4.69) is 21.2 Å². The van der Waals surface area contributed by atoms with Gasteiger partial charge in [-0.1, -0.05) is 54.1 Å². The molecular formula is C13H17BrN2OS. The average Bonchev–Trinajstić information content (AvgIpc) is 2.25. The van der Waals surface area contributed by atoms with Crippen molar-refractivity contribution in [3.8, 4) is 0 Å². The number of nitrogens with one attached hydrogen (secondary N) is 1. The van der Waals surface area contributed by atoms with Crippen LogP contribution in [0.2, 0.25) is 0 Å². The second kappa shape index (κ2) is 6.85. The lowest BCUT2D eigenvalue weighted by Crippen LogP contribution is -2.47. The summed E-state index contributed by atoms with van der Waals surface area (Å²) in [5, 5.41) is 2.86. The van der Waals surface area contributed by atoms with Gasteiger partial charge in [0.15, 0.2) is 0 Å². The zero-order valence-corrected chi connectivity index (χ0v) is 12.8. The lowest BCUT2D eigenvalue weighted by molar-refractivity contribution is -0.120. The molecular weight excluding hydrogens is 312 g/mol. The molecule has 0 saturated carbocycles. The number of rotatable bonds is 5. The topological polar surface area (TPSA) is 55.1 Å². The number of halogens is 1. The van der Waals surface area contributed by atoms with Gasteiger partial charge in [-0.25, -0.2) is 0 Å². The lowest BCUT2D eigenvalue weighted by Gasteiger charge is -2.21. The molecule has 0 heterocycles. The van der Waals surface area contributed by atoms with Crippen molar-refractivity contribution in [1.29, 1.82) is 0 Å². The van der Waals surface area contributed by atoms with Gasteiger partial charge in [-0.3, -0.25) is 4.79 Å². The standard InChI is InChI=1S/C13H17BrN2OS/c1-8(2)12(13(15)18)16-11(17)7-9-4-3-5-10(14)6-9/h3-6,8,12H,7H2,1-2H3,(H2,15,18)(H,16,17). The van der Waals surface area contributed by atoms with E-state index in [4.69, 9.17) is 18.0 Å². The molecule has 0 spiro atoms. The molecule has 0 aliphatic carbocycles. The zero-order chi connectivity index (χ0) is 13.7. The minimum Gasteiger partial charge on any atom is -0.392 e.